The normalized spacial score (nSPS) is 14.9. The number of ether oxygens (including phenoxy) is 1. The number of amides is 1. The Morgan fingerprint density at radius 1 is 1.37 bits per heavy atom. The summed E-state index contributed by atoms with van der Waals surface area (Å²) >= 11 is 6.00. The number of carbonyl (C=O) groups excluding carboxylic acids is 1. The van der Waals surface area contributed by atoms with E-state index in [0.29, 0.717) is 23.0 Å². The summed E-state index contributed by atoms with van der Waals surface area (Å²) in [4.78, 5) is 14.9. The van der Waals surface area contributed by atoms with Gasteiger partial charge in [0.15, 0.2) is 0 Å². The zero-order valence-corrected chi connectivity index (χ0v) is 16.2. The van der Waals surface area contributed by atoms with Gasteiger partial charge in [0.25, 0.3) is 5.91 Å². The van der Waals surface area contributed by atoms with Crippen molar-refractivity contribution in [1.82, 2.24) is 10.2 Å². The topological polar surface area (TPSA) is 77.5 Å². The van der Waals surface area contributed by atoms with E-state index < -0.39 is 0 Å². The van der Waals surface area contributed by atoms with Gasteiger partial charge in [0.05, 0.1) is 6.61 Å². The number of carbonyl (C=O) groups is 1. The number of nitrogens with one attached hydrogen (secondary N) is 3. The predicted molar refractivity (Wildman–Crippen MR) is 110 cm³/mol. The first-order chi connectivity index (χ1) is 13.2. The maximum Gasteiger partial charge on any atom is 0.293 e. The van der Waals surface area contributed by atoms with E-state index in [1.165, 1.54) is 6.21 Å². The molecular formula is C20H27ClN4O2. The lowest BCUT2D eigenvalue weighted by atomic mass is 10.2. The third-order valence-electron chi connectivity index (χ3n) is 4.16. The van der Waals surface area contributed by atoms with Gasteiger partial charge in [-0.25, -0.2) is 0 Å². The second-order valence-electron chi connectivity index (χ2n) is 6.19. The number of halogens is 1. The highest BCUT2D eigenvalue weighted by Gasteiger charge is 2.22. The zero-order valence-electron chi connectivity index (χ0n) is 15.5. The Kier molecular flexibility index (Phi) is 8.87. The van der Waals surface area contributed by atoms with Crippen LogP contribution in [0.1, 0.15) is 19.3 Å². The van der Waals surface area contributed by atoms with Crippen LogP contribution in [-0.2, 0) is 9.53 Å². The van der Waals surface area contributed by atoms with E-state index in [-0.39, 0.29) is 11.7 Å². The van der Waals surface area contributed by atoms with Crippen molar-refractivity contribution in [2.75, 3.05) is 38.1 Å². The molecule has 1 aromatic rings. The van der Waals surface area contributed by atoms with E-state index in [0.717, 1.165) is 45.4 Å². The molecule has 0 aromatic heterocycles. The van der Waals surface area contributed by atoms with Crippen molar-refractivity contribution in [3.63, 3.8) is 0 Å². The molecule has 1 aliphatic heterocycles. The van der Waals surface area contributed by atoms with Gasteiger partial charge in [0.1, 0.15) is 5.70 Å². The van der Waals surface area contributed by atoms with Crippen LogP contribution in [0.4, 0.5) is 5.69 Å². The highest BCUT2D eigenvalue weighted by atomic mass is 35.5. The highest BCUT2D eigenvalue weighted by molar-refractivity contribution is 6.31. The molecule has 6 nitrogen and oxygen atoms in total. The van der Waals surface area contributed by atoms with Gasteiger partial charge in [0.2, 0.25) is 5.76 Å². The van der Waals surface area contributed by atoms with Crippen LogP contribution in [0.2, 0.25) is 5.02 Å². The number of piperazine rings is 1. The lowest BCUT2D eigenvalue weighted by Crippen LogP contribution is -2.44. The molecule has 0 spiro atoms. The lowest BCUT2D eigenvalue weighted by molar-refractivity contribution is -0.116. The summed E-state index contributed by atoms with van der Waals surface area (Å²) in [5.41, 5.74) is 1.09. The van der Waals surface area contributed by atoms with Gasteiger partial charge in [0, 0.05) is 43.1 Å². The number of allylic oxidation sites excluding steroid dienone is 2. The standard InChI is InChI=1S/C20H27ClN4O2/c1-2-3-4-5-13-27-19(18(15-22)25-11-9-23-10-12-25)20(26)24-17-8-6-7-16(21)14-17/h2,6-8,14-15,22-23H,1,3-5,9-13H2,(H,24,26). The molecule has 27 heavy (non-hydrogen) atoms. The molecular weight excluding hydrogens is 364 g/mol. The fourth-order valence-corrected chi connectivity index (χ4v) is 2.97. The molecule has 1 aliphatic rings. The quantitative estimate of drug-likeness (QED) is 0.188. The van der Waals surface area contributed by atoms with Crippen molar-refractivity contribution in [2.24, 2.45) is 0 Å². The molecule has 3 N–H and O–H groups in total. The van der Waals surface area contributed by atoms with E-state index in [2.05, 4.69) is 17.2 Å². The number of hydrogen-bond acceptors (Lipinski definition) is 5. The largest absolute Gasteiger partial charge is 0.486 e. The van der Waals surface area contributed by atoms with Gasteiger partial charge in [-0.1, -0.05) is 23.7 Å². The molecule has 0 aliphatic carbocycles. The van der Waals surface area contributed by atoms with Crippen LogP contribution in [-0.4, -0.2) is 49.8 Å². The average molecular weight is 391 g/mol. The molecule has 1 amide bonds. The molecule has 0 radical (unpaired) electrons. The van der Waals surface area contributed by atoms with Crippen LogP contribution in [0.3, 0.4) is 0 Å². The first-order valence-corrected chi connectivity index (χ1v) is 9.54. The maximum absolute atomic E-state index is 12.9. The Balaban J connectivity index is 2.18. The van der Waals surface area contributed by atoms with Gasteiger partial charge in [-0.05, 0) is 37.5 Å². The number of nitrogens with zero attached hydrogens (tertiary/aromatic N) is 1. The minimum atomic E-state index is -0.377. The third kappa shape index (κ3) is 6.73. The van der Waals surface area contributed by atoms with Crippen molar-refractivity contribution in [3.8, 4) is 0 Å². The minimum Gasteiger partial charge on any atom is -0.486 e. The summed E-state index contributed by atoms with van der Waals surface area (Å²) in [6, 6.07) is 6.95. The van der Waals surface area contributed by atoms with Crippen LogP contribution >= 0.6 is 11.6 Å². The number of unbranched alkanes of at least 4 members (excludes halogenated alkanes) is 2. The summed E-state index contributed by atoms with van der Waals surface area (Å²) in [5, 5.41) is 14.5. The molecule has 0 saturated carbocycles. The molecule has 0 atom stereocenters. The van der Waals surface area contributed by atoms with Gasteiger partial charge in [-0.15, -0.1) is 6.58 Å². The van der Waals surface area contributed by atoms with Crippen molar-refractivity contribution >= 4 is 29.4 Å². The van der Waals surface area contributed by atoms with Crippen molar-refractivity contribution in [2.45, 2.75) is 19.3 Å². The molecule has 2 rings (SSSR count). The van der Waals surface area contributed by atoms with Gasteiger partial charge < -0.3 is 25.7 Å². The summed E-state index contributed by atoms with van der Waals surface area (Å²) in [6.45, 7) is 7.18. The molecule has 1 heterocycles. The van der Waals surface area contributed by atoms with E-state index in [9.17, 15) is 4.79 Å². The second kappa shape index (κ2) is 11.4. The minimum absolute atomic E-state index is 0.172. The lowest BCUT2D eigenvalue weighted by Gasteiger charge is -2.31. The van der Waals surface area contributed by atoms with E-state index in [1.807, 2.05) is 11.0 Å². The molecule has 1 fully saturated rings. The Bertz CT molecular complexity index is 684. The average Bonchev–Trinajstić information content (AvgIpc) is 2.67. The van der Waals surface area contributed by atoms with Gasteiger partial charge in [-0.2, -0.15) is 0 Å². The SMILES string of the molecule is C=CCCCCOC(C(=O)Nc1cccc(Cl)c1)=C(C=N)N1CCNCC1. The monoisotopic (exact) mass is 390 g/mol. The Hall–Kier alpha value is -2.31. The first kappa shape index (κ1) is 21.0. The highest BCUT2D eigenvalue weighted by Crippen LogP contribution is 2.18. The van der Waals surface area contributed by atoms with Crippen molar-refractivity contribution < 1.29 is 9.53 Å². The van der Waals surface area contributed by atoms with Crippen LogP contribution < -0.4 is 10.6 Å². The fraction of sp³-hybridized carbons (Fsp3) is 0.400. The Morgan fingerprint density at radius 3 is 2.81 bits per heavy atom. The van der Waals surface area contributed by atoms with Gasteiger partial charge in [-0.3, -0.25) is 4.79 Å². The van der Waals surface area contributed by atoms with E-state index in [4.69, 9.17) is 21.7 Å². The first-order valence-electron chi connectivity index (χ1n) is 9.16. The van der Waals surface area contributed by atoms with Crippen molar-refractivity contribution in [3.05, 3.63) is 53.4 Å². The molecule has 1 aromatic carbocycles. The summed E-state index contributed by atoms with van der Waals surface area (Å²) in [5.74, 6) is -0.205. The van der Waals surface area contributed by atoms with Crippen LogP contribution in [0, 0.1) is 5.41 Å². The fourth-order valence-electron chi connectivity index (χ4n) is 2.78. The van der Waals surface area contributed by atoms with Crippen LogP contribution in [0.25, 0.3) is 0 Å². The van der Waals surface area contributed by atoms with Gasteiger partial charge >= 0.3 is 0 Å². The molecule has 7 heteroatoms. The van der Waals surface area contributed by atoms with E-state index in [1.54, 1.807) is 24.3 Å². The summed E-state index contributed by atoms with van der Waals surface area (Å²) in [7, 11) is 0. The third-order valence-corrected chi connectivity index (χ3v) is 4.40. The second-order valence-corrected chi connectivity index (χ2v) is 6.63. The number of rotatable bonds is 10. The number of benzene rings is 1. The molecule has 0 unspecified atom stereocenters. The van der Waals surface area contributed by atoms with E-state index >= 15 is 0 Å². The predicted octanol–water partition coefficient (Wildman–Crippen LogP) is 3.42. The Labute approximate surface area is 165 Å². The molecule has 1 saturated heterocycles. The molecule has 0 bridgehead atoms. The summed E-state index contributed by atoms with van der Waals surface area (Å²) < 4.78 is 5.85. The number of anilines is 1. The van der Waals surface area contributed by atoms with Crippen molar-refractivity contribution in [1.29, 1.82) is 5.41 Å². The number of hydrogen-bond donors (Lipinski definition) is 3. The van der Waals surface area contributed by atoms with Crippen LogP contribution in [0.15, 0.2) is 48.4 Å². The zero-order chi connectivity index (χ0) is 19.5. The molecule has 146 valence electrons. The van der Waals surface area contributed by atoms with Crippen LogP contribution in [0.5, 0.6) is 0 Å². The summed E-state index contributed by atoms with van der Waals surface area (Å²) in [6.07, 6.45) is 5.73. The smallest absolute Gasteiger partial charge is 0.293 e. The maximum atomic E-state index is 12.9. The Morgan fingerprint density at radius 2 is 2.15 bits per heavy atom.